The lowest BCUT2D eigenvalue weighted by Crippen LogP contribution is -2.55. The predicted octanol–water partition coefficient (Wildman–Crippen LogP) is 6.69. The SMILES string of the molecule is CCCCC(CC)CC1(C(=O)O)CC=CCC1(CC(CC)CCCC)C(=O)O. The van der Waals surface area contributed by atoms with Gasteiger partial charge in [0.1, 0.15) is 0 Å². The molecule has 4 nitrogen and oxygen atoms in total. The quantitative estimate of drug-likeness (QED) is 0.322. The fourth-order valence-corrected chi connectivity index (χ4v) is 5.15. The van der Waals surface area contributed by atoms with E-state index in [0.717, 1.165) is 51.4 Å². The van der Waals surface area contributed by atoms with Crippen LogP contribution in [0.1, 0.15) is 105 Å². The number of hydrogen-bond donors (Lipinski definition) is 2. The van der Waals surface area contributed by atoms with Crippen molar-refractivity contribution in [3.8, 4) is 0 Å². The van der Waals surface area contributed by atoms with Gasteiger partial charge in [-0.3, -0.25) is 9.59 Å². The minimum atomic E-state index is -1.21. The van der Waals surface area contributed by atoms with E-state index in [-0.39, 0.29) is 11.8 Å². The molecule has 0 saturated heterocycles. The maximum absolute atomic E-state index is 12.7. The van der Waals surface area contributed by atoms with Crippen molar-refractivity contribution in [2.45, 2.75) is 105 Å². The second-order valence-corrected chi connectivity index (χ2v) is 8.90. The third-order valence-electron chi connectivity index (χ3n) is 7.19. The third kappa shape index (κ3) is 5.39. The molecule has 0 spiro atoms. The first-order valence-corrected chi connectivity index (χ1v) is 11.4. The summed E-state index contributed by atoms with van der Waals surface area (Å²) in [5, 5.41) is 20.8. The van der Waals surface area contributed by atoms with E-state index in [4.69, 9.17) is 0 Å². The maximum atomic E-state index is 12.7. The van der Waals surface area contributed by atoms with E-state index in [1.54, 1.807) is 0 Å². The number of rotatable bonds is 14. The molecule has 28 heavy (non-hydrogen) atoms. The van der Waals surface area contributed by atoms with Gasteiger partial charge in [-0.1, -0.05) is 91.2 Å². The summed E-state index contributed by atoms with van der Waals surface area (Å²) in [7, 11) is 0. The highest BCUT2D eigenvalue weighted by atomic mass is 16.4. The smallest absolute Gasteiger partial charge is 0.311 e. The Morgan fingerprint density at radius 1 is 0.786 bits per heavy atom. The Morgan fingerprint density at radius 3 is 1.39 bits per heavy atom. The van der Waals surface area contributed by atoms with Crippen molar-refractivity contribution in [3.05, 3.63) is 12.2 Å². The van der Waals surface area contributed by atoms with Crippen LogP contribution in [0.2, 0.25) is 0 Å². The molecule has 0 aliphatic heterocycles. The van der Waals surface area contributed by atoms with Gasteiger partial charge in [0.2, 0.25) is 0 Å². The number of unbranched alkanes of at least 4 members (excludes halogenated alkanes) is 2. The highest BCUT2D eigenvalue weighted by Gasteiger charge is 2.61. The molecule has 0 bridgehead atoms. The van der Waals surface area contributed by atoms with Crippen molar-refractivity contribution in [2.24, 2.45) is 22.7 Å². The molecule has 0 aromatic carbocycles. The first-order valence-electron chi connectivity index (χ1n) is 11.4. The number of carboxylic acids is 2. The Bertz CT molecular complexity index is 481. The van der Waals surface area contributed by atoms with Gasteiger partial charge < -0.3 is 10.2 Å². The molecular weight excluding hydrogens is 352 g/mol. The summed E-state index contributed by atoms with van der Waals surface area (Å²) in [4.78, 5) is 25.4. The first-order chi connectivity index (χ1) is 13.3. The van der Waals surface area contributed by atoms with Crippen LogP contribution in [0, 0.1) is 22.7 Å². The molecule has 0 fully saturated rings. The lowest BCUT2D eigenvalue weighted by Gasteiger charge is -2.49. The molecular formula is C24H42O4. The van der Waals surface area contributed by atoms with Gasteiger partial charge in [-0.15, -0.1) is 0 Å². The van der Waals surface area contributed by atoms with Crippen LogP contribution in [0.5, 0.6) is 0 Å². The fourth-order valence-electron chi connectivity index (χ4n) is 5.15. The monoisotopic (exact) mass is 394 g/mol. The molecule has 0 radical (unpaired) electrons. The van der Waals surface area contributed by atoms with Gasteiger partial charge in [0.05, 0.1) is 10.8 Å². The van der Waals surface area contributed by atoms with Crippen LogP contribution < -0.4 is 0 Å². The van der Waals surface area contributed by atoms with E-state index in [9.17, 15) is 19.8 Å². The molecule has 162 valence electrons. The first kappa shape index (κ1) is 24.7. The van der Waals surface area contributed by atoms with Gasteiger partial charge in [0.25, 0.3) is 0 Å². The van der Waals surface area contributed by atoms with E-state index < -0.39 is 22.8 Å². The second kappa shape index (κ2) is 11.6. The van der Waals surface area contributed by atoms with Gasteiger partial charge >= 0.3 is 11.9 Å². The summed E-state index contributed by atoms with van der Waals surface area (Å²) in [6.07, 6.45) is 13.5. The largest absolute Gasteiger partial charge is 0.481 e. The van der Waals surface area contributed by atoms with E-state index in [2.05, 4.69) is 27.7 Å². The molecule has 2 N–H and O–H groups in total. The van der Waals surface area contributed by atoms with Gasteiger partial charge in [-0.05, 0) is 37.5 Å². The van der Waals surface area contributed by atoms with Crippen molar-refractivity contribution in [2.75, 3.05) is 0 Å². The van der Waals surface area contributed by atoms with Crippen molar-refractivity contribution in [1.82, 2.24) is 0 Å². The Morgan fingerprint density at radius 2 is 1.14 bits per heavy atom. The average molecular weight is 395 g/mol. The molecule has 1 aliphatic carbocycles. The van der Waals surface area contributed by atoms with Gasteiger partial charge in [-0.25, -0.2) is 0 Å². The number of hydrogen-bond acceptors (Lipinski definition) is 2. The van der Waals surface area contributed by atoms with Crippen LogP contribution in [0.4, 0.5) is 0 Å². The second-order valence-electron chi connectivity index (χ2n) is 8.90. The molecule has 4 heteroatoms. The number of carbonyl (C=O) groups is 2. The number of carboxylic acid groups (broad SMARTS) is 2. The zero-order chi connectivity index (χ0) is 21.2. The van der Waals surface area contributed by atoms with Crippen LogP contribution in [-0.2, 0) is 9.59 Å². The molecule has 0 amide bonds. The van der Waals surface area contributed by atoms with Crippen molar-refractivity contribution in [3.63, 3.8) is 0 Å². The topological polar surface area (TPSA) is 74.6 Å². The van der Waals surface area contributed by atoms with Crippen molar-refractivity contribution in [1.29, 1.82) is 0 Å². The van der Waals surface area contributed by atoms with E-state index in [0.29, 0.717) is 25.7 Å². The summed E-state index contributed by atoms with van der Waals surface area (Å²) in [5.74, 6) is -1.31. The highest BCUT2D eigenvalue weighted by Crippen LogP contribution is 2.57. The Kier molecular flexibility index (Phi) is 10.3. The number of allylic oxidation sites excluding steroid dienone is 2. The van der Waals surface area contributed by atoms with Crippen LogP contribution in [0.3, 0.4) is 0 Å². The standard InChI is InChI=1S/C24H42O4/c1-5-9-13-19(7-3)17-23(21(25)26)15-11-12-16-24(23,22(27)28)18-20(8-4)14-10-6-2/h11-12,19-20H,5-10,13-18H2,1-4H3,(H,25,26)(H,27,28). The van der Waals surface area contributed by atoms with E-state index in [1.807, 2.05) is 12.2 Å². The molecule has 4 atom stereocenters. The summed E-state index contributed by atoms with van der Waals surface area (Å²) < 4.78 is 0. The Balaban J connectivity index is 3.35. The molecule has 0 aromatic rings. The lowest BCUT2D eigenvalue weighted by atomic mass is 9.51. The van der Waals surface area contributed by atoms with Crippen molar-refractivity contribution < 1.29 is 19.8 Å². The molecule has 1 rings (SSSR count). The van der Waals surface area contributed by atoms with Crippen LogP contribution in [-0.4, -0.2) is 22.2 Å². The molecule has 1 aliphatic rings. The predicted molar refractivity (Wildman–Crippen MR) is 114 cm³/mol. The highest BCUT2D eigenvalue weighted by molar-refractivity contribution is 5.87. The molecule has 4 unspecified atom stereocenters. The molecule has 0 saturated carbocycles. The van der Waals surface area contributed by atoms with Gasteiger partial charge in [0.15, 0.2) is 0 Å². The zero-order valence-electron chi connectivity index (χ0n) is 18.5. The summed E-state index contributed by atoms with van der Waals surface area (Å²) >= 11 is 0. The minimum absolute atomic E-state index is 0.261. The van der Waals surface area contributed by atoms with Crippen LogP contribution in [0.25, 0.3) is 0 Å². The number of aliphatic carboxylic acids is 2. The third-order valence-corrected chi connectivity index (χ3v) is 7.19. The van der Waals surface area contributed by atoms with Gasteiger partial charge in [-0.2, -0.15) is 0 Å². The maximum Gasteiger partial charge on any atom is 0.311 e. The lowest BCUT2D eigenvalue weighted by molar-refractivity contribution is -0.180. The Labute approximate surface area is 171 Å². The fraction of sp³-hybridized carbons (Fsp3) is 0.833. The summed E-state index contributed by atoms with van der Waals surface area (Å²) in [5.41, 5.74) is -2.41. The average Bonchev–Trinajstić information content (AvgIpc) is 2.68. The van der Waals surface area contributed by atoms with E-state index >= 15 is 0 Å². The van der Waals surface area contributed by atoms with Crippen molar-refractivity contribution >= 4 is 11.9 Å². The van der Waals surface area contributed by atoms with Crippen LogP contribution >= 0.6 is 0 Å². The summed E-state index contributed by atoms with van der Waals surface area (Å²) in [6.45, 7) is 8.49. The summed E-state index contributed by atoms with van der Waals surface area (Å²) in [6, 6.07) is 0. The Hall–Kier alpha value is -1.32. The molecule has 0 heterocycles. The zero-order valence-corrected chi connectivity index (χ0v) is 18.5. The minimum Gasteiger partial charge on any atom is -0.481 e. The van der Waals surface area contributed by atoms with E-state index in [1.165, 1.54) is 0 Å². The normalized spacial score (nSPS) is 26.7. The van der Waals surface area contributed by atoms with Gasteiger partial charge in [0, 0.05) is 0 Å². The molecule has 0 aromatic heterocycles. The van der Waals surface area contributed by atoms with Crippen LogP contribution in [0.15, 0.2) is 12.2 Å².